The topological polar surface area (TPSA) is 36.9 Å². The Morgan fingerprint density at radius 3 is 1.00 bits per heavy atom. The van der Waals surface area contributed by atoms with Gasteiger partial charge in [0.15, 0.2) is 0 Å². The molecule has 0 aromatic carbocycles. The van der Waals surface area contributed by atoms with E-state index in [2.05, 4.69) is 54.7 Å². The minimum absolute atomic E-state index is 0.897. The highest BCUT2D eigenvalue weighted by atomic mass is 28.5. The summed E-state index contributed by atoms with van der Waals surface area (Å²) < 4.78 is 27.4. The van der Waals surface area contributed by atoms with Gasteiger partial charge in [-0.3, -0.25) is 0 Å². The van der Waals surface area contributed by atoms with Crippen LogP contribution >= 0.6 is 0 Å². The molecular weight excluding hydrogens is 369 g/mol. The zero-order valence-electron chi connectivity index (χ0n) is 16.4. The summed E-state index contributed by atoms with van der Waals surface area (Å²) in [7, 11) is -9.87. The van der Waals surface area contributed by atoms with Gasteiger partial charge in [-0.1, -0.05) is 41.5 Å². The Hall–Kier alpha value is 0.188. The standard InChI is InChI=1S/C16H36O4Si4/c1-9-21(10-2)17-22(11-3,12-4)19-24(15-7,16-8)20-23(13-5,14-6)18-21/h9-10H,1-2,11-16H2,3-8H3. The number of hydrogen-bond donors (Lipinski definition) is 0. The molecule has 140 valence electrons. The first-order chi connectivity index (χ1) is 11.3. The molecule has 0 N–H and O–H groups in total. The second-order valence-electron chi connectivity index (χ2n) is 6.39. The third-order valence-corrected chi connectivity index (χ3v) is 24.3. The summed E-state index contributed by atoms with van der Waals surface area (Å²) in [5.74, 6) is 0. The van der Waals surface area contributed by atoms with E-state index in [1.54, 1.807) is 0 Å². The second kappa shape index (κ2) is 8.72. The van der Waals surface area contributed by atoms with Gasteiger partial charge in [0.25, 0.3) is 0 Å². The fourth-order valence-corrected chi connectivity index (χ4v) is 25.4. The van der Waals surface area contributed by atoms with E-state index in [1.807, 2.05) is 11.4 Å². The smallest absolute Gasteiger partial charge is 0.373 e. The van der Waals surface area contributed by atoms with Gasteiger partial charge in [0.05, 0.1) is 0 Å². The molecule has 0 saturated carbocycles. The molecule has 0 amide bonds. The molecule has 1 heterocycles. The van der Waals surface area contributed by atoms with Crippen LogP contribution in [0.1, 0.15) is 41.5 Å². The van der Waals surface area contributed by atoms with E-state index < -0.39 is 34.2 Å². The largest absolute Gasteiger partial charge is 0.415 e. The van der Waals surface area contributed by atoms with Crippen molar-refractivity contribution in [1.82, 2.24) is 0 Å². The third kappa shape index (κ3) is 4.29. The summed E-state index contributed by atoms with van der Waals surface area (Å²) in [6, 6.07) is 5.47. The first-order valence-electron chi connectivity index (χ1n) is 9.39. The van der Waals surface area contributed by atoms with Crippen molar-refractivity contribution in [3.05, 3.63) is 24.6 Å². The SMILES string of the molecule is C=C[Si]1(C=C)O[Si](CC)(CC)O[Si](CC)(CC)O[Si](CC)(CC)O1. The van der Waals surface area contributed by atoms with Crippen LogP contribution in [0.5, 0.6) is 0 Å². The second-order valence-corrected chi connectivity index (χ2v) is 21.6. The maximum Gasteiger partial charge on any atom is 0.373 e. The predicted octanol–water partition coefficient (Wildman–Crippen LogP) is 5.41. The fourth-order valence-electron chi connectivity index (χ4n) is 3.21. The van der Waals surface area contributed by atoms with Gasteiger partial charge in [0.1, 0.15) is 0 Å². The first kappa shape index (κ1) is 22.2. The van der Waals surface area contributed by atoms with E-state index >= 15 is 0 Å². The van der Waals surface area contributed by atoms with E-state index in [1.165, 1.54) is 0 Å². The van der Waals surface area contributed by atoms with Gasteiger partial charge in [-0.05, 0) is 47.7 Å². The minimum atomic E-state index is -2.73. The molecule has 0 aromatic rings. The minimum Gasteiger partial charge on any atom is -0.415 e. The average molecular weight is 405 g/mol. The zero-order valence-corrected chi connectivity index (χ0v) is 20.4. The molecule has 4 nitrogen and oxygen atoms in total. The fraction of sp³-hybridized carbons (Fsp3) is 0.750. The lowest BCUT2D eigenvalue weighted by Gasteiger charge is -2.51. The van der Waals surface area contributed by atoms with Crippen molar-refractivity contribution in [1.29, 1.82) is 0 Å². The average Bonchev–Trinajstić information content (AvgIpc) is 2.63. The highest BCUT2D eigenvalue weighted by Gasteiger charge is 2.58. The van der Waals surface area contributed by atoms with Crippen molar-refractivity contribution in [2.75, 3.05) is 0 Å². The van der Waals surface area contributed by atoms with Crippen molar-refractivity contribution in [2.45, 2.75) is 77.8 Å². The molecule has 1 aliphatic rings. The van der Waals surface area contributed by atoms with Crippen LogP contribution in [-0.2, 0) is 16.5 Å². The third-order valence-electron chi connectivity index (χ3n) is 5.24. The molecule has 8 heteroatoms. The summed E-state index contributed by atoms with van der Waals surface area (Å²) in [5, 5.41) is 0. The lowest BCUT2D eigenvalue weighted by Crippen LogP contribution is -2.68. The van der Waals surface area contributed by atoms with Crippen LogP contribution in [0.4, 0.5) is 0 Å². The number of hydrogen-bond acceptors (Lipinski definition) is 4. The van der Waals surface area contributed by atoms with E-state index in [4.69, 9.17) is 16.5 Å². The van der Waals surface area contributed by atoms with Gasteiger partial charge in [-0.2, -0.15) is 0 Å². The Morgan fingerprint density at radius 1 is 0.542 bits per heavy atom. The Balaban J connectivity index is 3.51. The maximum atomic E-state index is 6.91. The van der Waals surface area contributed by atoms with E-state index in [0.29, 0.717) is 0 Å². The van der Waals surface area contributed by atoms with Crippen molar-refractivity contribution in [3.63, 3.8) is 0 Å². The van der Waals surface area contributed by atoms with E-state index in [-0.39, 0.29) is 0 Å². The van der Waals surface area contributed by atoms with Crippen molar-refractivity contribution in [2.24, 2.45) is 0 Å². The number of rotatable bonds is 8. The molecule has 0 unspecified atom stereocenters. The molecule has 1 rings (SSSR count). The summed E-state index contributed by atoms with van der Waals surface area (Å²) >= 11 is 0. The normalized spacial score (nSPS) is 24.6. The predicted molar refractivity (Wildman–Crippen MR) is 111 cm³/mol. The Labute approximate surface area is 153 Å². The van der Waals surface area contributed by atoms with Crippen LogP contribution in [0.2, 0.25) is 36.3 Å². The molecule has 0 bridgehead atoms. The van der Waals surface area contributed by atoms with E-state index in [9.17, 15) is 0 Å². The molecule has 1 fully saturated rings. The van der Waals surface area contributed by atoms with Gasteiger partial charge >= 0.3 is 34.2 Å². The summed E-state index contributed by atoms with van der Waals surface area (Å²) in [6.45, 7) is 21.1. The lowest BCUT2D eigenvalue weighted by atomic mass is 10.9. The molecular formula is C16H36O4Si4. The first-order valence-corrected chi connectivity index (χ1v) is 18.1. The Kier molecular flexibility index (Phi) is 8.07. The lowest BCUT2D eigenvalue weighted by molar-refractivity contribution is 0.224. The summed E-state index contributed by atoms with van der Waals surface area (Å²) in [6.07, 6.45) is 0. The summed E-state index contributed by atoms with van der Waals surface area (Å²) in [4.78, 5) is 0. The Bertz CT molecular complexity index is 396. The molecule has 1 saturated heterocycles. The van der Waals surface area contributed by atoms with Crippen molar-refractivity contribution < 1.29 is 16.5 Å². The van der Waals surface area contributed by atoms with Crippen molar-refractivity contribution >= 4 is 34.2 Å². The van der Waals surface area contributed by atoms with Crippen molar-refractivity contribution in [3.8, 4) is 0 Å². The molecule has 0 aromatic heterocycles. The highest BCUT2D eigenvalue weighted by molar-refractivity contribution is 6.97. The Morgan fingerprint density at radius 2 is 0.792 bits per heavy atom. The molecule has 0 aliphatic carbocycles. The molecule has 0 atom stereocenters. The van der Waals surface area contributed by atoms with Crippen LogP contribution in [0.15, 0.2) is 24.6 Å². The van der Waals surface area contributed by atoms with E-state index in [0.717, 1.165) is 36.3 Å². The monoisotopic (exact) mass is 404 g/mol. The van der Waals surface area contributed by atoms with Gasteiger partial charge < -0.3 is 16.5 Å². The molecule has 0 radical (unpaired) electrons. The zero-order chi connectivity index (χ0) is 18.5. The summed E-state index contributed by atoms with van der Waals surface area (Å²) in [5.41, 5.74) is 3.72. The van der Waals surface area contributed by atoms with Crippen LogP contribution in [0.3, 0.4) is 0 Å². The van der Waals surface area contributed by atoms with Gasteiger partial charge in [-0.25, -0.2) is 0 Å². The highest BCUT2D eigenvalue weighted by Crippen LogP contribution is 2.40. The van der Waals surface area contributed by atoms with Crippen LogP contribution in [0, 0.1) is 0 Å². The molecule has 24 heavy (non-hydrogen) atoms. The van der Waals surface area contributed by atoms with Crippen LogP contribution in [0.25, 0.3) is 0 Å². The van der Waals surface area contributed by atoms with Gasteiger partial charge in [0.2, 0.25) is 0 Å². The van der Waals surface area contributed by atoms with Crippen LogP contribution < -0.4 is 0 Å². The quantitative estimate of drug-likeness (QED) is 0.507. The molecule has 1 aliphatic heterocycles. The maximum absolute atomic E-state index is 6.91. The molecule has 0 spiro atoms. The van der Waals surface area contributed by atoms with Gasteiger partial charge in [0, 0.05) is 0 Å². The van der Waals surface area contributed by atoms with Crippen LogP contribution in [-0.4, -0.2) is 34.2 Å². The van der Waals surface area contributed by atoms with Gasteiger partial charge in [-0.15, -0.1) is 13.2 Å².